The molecule has 0 bridgehead atoms. The van der Waals surface area contributed by atoms with Crippen molar-refractivity contribution >= 4 is 11.5 Å². The third kappa shape index (κ3) is 2.69. The molecule has 0 saturated carbocycles. The molecule has 0 unspecified atom stereocenters. The summed E-state index contributed by atoms with van der Waals surface area (Å²) < 4.78 is 18.3. The number of halogens is 1. The van der Waals surface area contributed by atoms with Crippen molar-refractivity contribution in [2.75, 3.05) is 6.61 Å². The van der Waals surface area contributed by atoms with E-state index in [4.69, 9.17) is 0 Å². The highest BCUT2D eigenvalue weighted by Crippen LogP contribution is 2.22. The largest absolute Gasteiger partial charge is 0.461 e. The maximum atomic E-state index is 13.6. The fourth-order valence-electron chi connectivity index (χ4n) is 1.46. The molecule has 0 amide bonds. The van der Waals surface area contributed by atoms with E-state index in [0.717, 1.165) is 11.1 Å². The minimum absolute atomic E-state index is 0.174. The van der Waals surface area contributed by atoms with Gasteiger partial charge in [-0.05, 0) is 37.5 Å². The Labute approximate surface area is 94.7 Å². The third-order valence-corrected chi connectivity index (χ3v) is 2.33. The van der Waals surface area contributed by atoms with Crippen molar-refractivity contribution in [1.82, 2.24) is 0 Å². The highest BCUT2D eigenvalue weighted by Gasteiger charge is 2.15. The number of hydrogen-bond acceptors (Lipinski definition) is 2. The topological polar surface area (TPSA) is 26.3 Å². The Bertz CT molecular complexity index is 422. The van der Waals surface area contributed by atoms with Crippen LogP contribution in [-0.4, -0.2) is 12.6 Å². The van der Waals surface area contributed by atoms with Crippen LogP contribution in [0.25, 0.3) is 5.57 Å². The molecule has 0 aliphatic carbocycles. The van der Waals surface area contributed by atoms with Gasteiger partial charge in [0.15, 0.2) is 0 Å². The fourth-order valence-corrected chi connectivity index (χ4v) is 1.46. The van der Waals surface area contributed by atoms with E-state index in [2.05, 4.69) is 4.74 Å². The number of rotatable bonds is 3. The fraction of sp³-hybridized carbons (Fsp3) is 0.308. The molecule has 0 fully saturated rings. The zero-order chi connectivity index (χ0) is 12.1. The molecule has 0 saturated heterocycles. The van der Waals surface area contributed by atoms with E-state index in [1.165, 1.54) is 0 Å². The van der Waals surface area contributed by atoms with Crippen molar-refractivity contribution in [1.29, 1.82) is 0 Å². The van der Waals surface area contributed by atoms with Crippen molar-refractivity contribution in [2.24, 2.45) is 0 Å². The van der Waals surface area contributed by atoms with Crippen LogP contribution < -0.4 is 0 Å². The molecule has 0 aliphatic heterocycles. The maximum absolute atomic E-state index is 13.6. The van der Waals surface area contributed by atoms with Crippen molar-refractivity contribution < 1.29 is 13.9 Å². The predicted octanol–water partition coefficient (Wildman–Crippen LogP) is 3.26. The Morgan fingerprint density at radius 1 is 1.38 bits per heavy atom. The van der Waals surface area contributed by atoms with Gasteiger partial charge in [0.25, 0.3) is 0 Å². The van der Waals surface area contributed by atoms with E-state index >= 15 is 0 Å². The molecule has 1 rings (SSSR count). The smallest absolute Gasteiger partial charge is 0.367 e. The summed E-state index contributed by atoms with van der Waals surface area (Å²) in [5.74, 6) is -1.72. The van der Waals surface area contributed by atoms with E-state index < -0.39 is 11.8 Å². The minimum atomic E-state index is -0.900. The van der Waals surface area contributed by atoms with Gasteiger partial charge in [0.1, 0.15) is 0 Å². The third-order valence-electron chi connectivity index (χ3n) is 2.33. The Hall–Kier alpha value is -1.64. The number of carbonyl (C=O) groups is 1. The van der Waals surface area contributed by atoms with Crippen LogP contribution in [0.1, 0.15) is 25.0 Å². The van der Waals surface area contributed by atoms with Crippen molar-refractivity contribution in [2.45, 2.75) is 20.8 Å². The molecule has 0 aromatic heterocycles. The molecule has 86 valence electrons. The highest BCUT2D eigenvalue weighted by atomic mass is 19.1. The van der Waals surface area contributed by atoms with Crippen molar-refractivity contribution in [3.63, 3.8) is 0 Å². The lowest BCUT2D eigenvalue weighted by Crippen LogP contribution is -2.06. The molecule has 0 heterocycles. The molecular formula is C13H15FO2. The number of aryl methyl sites for hydroxylation is 1. The first-order chi connectivity index (χ1) is 7.57. The molecule has 0 N–H and O–H groups in total. The zero-order valence-corrected chi connectivity index (χ0v) is 9.71. The second kappa shape index (κ2) is 5.45. The van der Waals surface area contributed by atoms with E-state index in [1.54, 1.807) is 19.9 Å². The number of ether oxygens (including phenoxy) is 1. The van der Waals surface area contributed by atoms with Gasteiger partial charge < -0.3 is 4.74 Å². The molecular weight excluding hydrogens is 207 g/mol. The van der Waals surface area contributed by atoms with Crippen LogP contribution in [0.4, 0.5) is 4.39 Å². The quantitative estimate of drug-likeness (QED) is 0.579. The van der Waals surface area contributed by atoms with Crippen LogP contribution in [0, 0.1) is 6.92 Å². The monoisotopic (exact) mass is 222 g/mol. The van der Waals surface area contributed by atoms with Crippen LogP contribution in [0.15, 0.2) is 30.1 Å². The zero-order valence-electron chi connectivity index (χ0n) is 9.71. The van der Waals surface area contributed by atoms with Crippen molar-refractivity contribution in [3.05, 3.63) is 41.2 Å². The lowest BCUT2D eigenvalue weighted by Gasteiger charge is -2.07. The van der Waals surface area contributed by atoms with Gasteiger partial charge in [-0.2, -0.15) is 4.39 Å². The number of esters is 1. The van der Waals surface area contributed by atoms with Crippen LogP contribution in [0.5, 0.6) is 0 Å². The Morgan fingerprint density at radius 3 is 2.56 bits per heavy atom. The summed E-state index contributed by atoms with van der Waals surface area (Å²) in [7, 11) is 0. The van der Waals surface area contributed by atoms with Gasteiger partial charge in [0.05, 0.1) is 6.61 Å². The second-order valence-corrected chi connectivity index (χ2v) is 3.47. The highest BCUT2D eigenvalue weighted by molar-refractivity contribution is 5.95. The molecule has 16 heavy (non-hydrogen) atoms. The first-order valence-electron chi connectivity index (χ1n) is 5.17. The van der Waals surface area contributed by atoms with Gasteiger partial charge in [-0.3, -0.25) is 0 Å². The Balaban J connectivity index is 3.09. The van der Waals surface area contributed by atoms with Crippen molar-refractivity contribution in [3.8, 4) is 0 Å². The normalized spacial score (nSPS) is 12.0. The average Bonchev–Trinajstić information content (AvgIpc) is 2.28. The minimum Gasteiger partial charge on any atom is -0.461 e. The van der Waals surface area contributed by atoms with E-state index in [-0.39, 0.29) is 6.61 Å². The Kier molecular flexibility index (Phi) is 4.23. The first-order valence-corrected chi connectivity index (χ1v) is 5.17. The lowest BCUT2D eigenvalue weighted by atomic mass is 10.0. The lowest BCUT2D eigenvalue weighted by molar-refractivity contribution is -0.140. The number of carbonyl (C=O) groups excluding carboxylic acids is 1. The number of hydrogen-bond donors (Lipinski definition) is 0. The van der Waals surface area contributed by atoms with Gasteiger partial charge in [0, 0.05) is 0 Å². The first kappa shape index (κ1) is 12.4. The molecule has 0 radical (unpaired) electrons. The van der Waals surface area contributed by atoms with E-state index in [0.29, 0.717) is 5.57 Å². The summed E-state index contributed by atoms with van der Waals surface area (Å²) in [4.78, 5) is 11.2. The number of allylic oxidation sites excluding steroid dienone is 1. The van der Waals surface area contributed by atoms with Gasteiger partial charge in [-0.1, -0.05) is 24.3 Å². The molecule has 3 heteroatoms. The SMILES string of the molecule is CCOC(=O)/C(F)=C(/C)c1ccccc1C. The van der Waals surface area contributed by atoms with Gasteiger partial charge in [-0.15, -0.1) is 0 Å². The summed E-state index contributed by atoms with van der Waals surface area (Å²) in [6.45, 7) is 5.27. The van der Waals surface area contributed by atoms with Gasteiger partial charge in [-0.25, -0.2) is 4.79 Å². The summed E-state index contributed by atoms with van der Waals surface area (Å²) in [5.41, 5.74) is 1.98. The predicted molar refractivity (Wildman–Crippen MR) is 61.5 cm³/mol. The van der Waals surface area contributed by atoms with Crippen LogP contribution >= 0.6 is 0 Å². The van der Waals surface area contributed by atoms with Crippen LogP contribution in [0.2, 0.25) is 0 Å². The molecule has 0 atom stereocenters. The second-order valence-electron chi connectivity index (χ2n) is 3.47. The van der Waals surface area contributed by atoms with Crippen LogP contribution in [0.3, 0.4) is 0 Å². The molecule has 0 spiro atoms. The van der Waals surface area contributed by atoms with Gasteiger partial charge >= 0.3 is 5.97 Å². The average molecular weight is 222 g/mol. The van der Waals surface area contributed by atoms with E-state index in [9.17, 15) is 9.18 Å². The van der Waals surface area contributed by atoms with Gasteiger partial charge in [0.2, 0.25) is 5.83 Å². The summed E-state index contributed by atoms with van der Waals surface area (Å²) in [5, 5.41) is 0. The van der Waals surface area contributed by atoms with Crippen LogP contribution in [-0.2, 0) is 9.53 Å². The number of benzene rings is 1. The standard InChI is InChI=1S/C13H15FO2/c1-4-16-13(15)12(14)10(3)11-8-6-5-7-9(11)2/h5-8H,4H2,1-3H3/b12-10+. The Morgan fingerprint density at radius 2 is 2.00 bits per heavy atom. The molecule has 0 aliphatic rings. The maximum Gasteiger partial charge on any atom is 0.367 e. The molecule has 2 nitrogen and oxygen atoms in total. The summed E-state index contributed by atoms with van der Waals surface area (Å²) >= 11 is 0. The summed E-state index contributed by atoms with van der Waals surface area (Å²) in [6, 6.07) is 7.33. The van der Waals surface area contributed by atoms with E-state index in [1.807, 2.05) is 25.1 Å². The molecule has 1 aromatic carbocycles. The molecule has 1 aromatic rings. The summed E-state index contributed by atoms with van der Waals surface area (Å²) in [6.07, 6.45) is 0.